The number of fused-ring (bicyclic) bond motifs is 1. The molecule has 1 saturated heterocycles. The van der Waals surface area contributed by atoms with Crippen LogP contribution >= 0.6 is 0 Å². The van der Waals surface area contributed by atoms with E-state index in [0.717, 1.165) is 31.7 Å². The summed E-state index contributed by atoms with van der Waals surface area (Å²) in [5, 5.41) is 0. The molecule has 0 amide bonds. The summed E-state index contributed by atoms with van der Waals surface area (Å²) in [6.07, 6.45) is 4.80. The average molecular weight is 339 g/mol. The maximum absolute atomic E-state index is 13.0. The minimum atomic E-state index is -0.215. The largest absolute Gasteiger partial charge is 0.490 e. The van der Waals surface area contributed by atoms with Crippen LogP contribution in [0.1, 0.15) is 43.2 Å². The molecule has 1 aliphatic carbocycles. The van der Waals surface area contributed by atoms with Crippen molar-refractivity contribution in [3.05, 3.63) is 65.5 Å². The van der Waals surface area contributed by atoms with Gasteiger partial charge in [-0.1, -0.05) is 24.3 Å². The highest BCUT2D eigenvalue weighted by Gasteiger charge is 2.32. The summed E-state index contributed by atoms with van der Waals surface area (Å²) in [5.41, 5.74) is 3.09. The zero-order valence-corrected chi connectivity index (χ0v) is 14.8. The van der Waals surface area contributed by atoms with Gasteiger partial charge in [0, 0.05) is 19.1 Å². The van der Waals surface area contributed by atoms with E-state index in [2.05, 4.69) is 36.1 Å². The van der Waals surface area contributed by atoms with Crippen LogP contribution in [0.25, 0.3) is 0 Å². The summed E-state index contributed by atoms with van der Waals surface area (Å²) >= 11 is 0. The minimum Gasteiger partial charge on any atom is -0.490 e. The Morgan fingerprint density at radius 1 is 1.00 bits per heavy atom. The Balaban J connectivity index is 1.33. The lowest BCUT2D eigenvalue weighted by atomic mass is 9.91. The molecule has 0 spiro atoms. The fraction of sp³-hybridized carbons (Fsp3) is 0.455. The van der Waals surface area contributed by atoms with Gasteiger partial charge in [-0.2, -0.15) is 0 Å². The van der Waals surface area contributed by atoms with E-state index in [4.69, 9.17) is 4.74 Å². The first-order valence-corrected chi connectivity index (χ1v) is 9.45. The van der Waals surface area contributed by atoms with Gasteiger partial charge in [0.2, 0.25) is 0 Å². The summed E-state index contributed by atoms with van der Waals surface area (Å²) in [4.78, 5) is 2.62. The Labute approximate surface area is 149 Å². The second kappa shape index (κ2) is 7.17. The standard InChI is InChI=1S/C22H26FNO/c1-16(21-11-6-17-4-2-3-5-22(17)21)24-14-12-20(13-15-24)25-19-9-7-18(23)8-10-19/h2-5,7-10,16,20-21H,6,11-15H2,1H3. The Bertz CT molecular complexity index is 706. The second-order valence-corrected chi connectivity index (χ2v) is 7.39. The number of aryl methyl sites for hydroxylation is 1. The third kappa shape index (κ3) is 3.57. The summed E-state index contributed by atoms with van der Waals surface area (Å²) in [7, 11) is 0. The molecule has 0 saturated carbocycles. The quantitative estimate of drug-likeness (QED) is 0.794. The molecule has 1 fully saturated rings. The molecule has 2 unspecified atom stereocenters. The highest BCUT2D eigenvalue weighted by Crippen LogP contribution is 2.37. The minimum absolute atomic E-state index is 0.215. The molecular formula is C22H26FNO. The molecular weight excluding hydrogens is 313 g/mol. The van der Waals surface area contributed by atoms with Crippen molar-refractivity contribution in [2.45, 2.75) is 50.7 Å². The van der Waals surface area contributed by atoms with Crippen molar-refractivity contribution in [2.24, 2.45) is 0 Å². The lowest BCUT2D eigenvalue weighted by Gasteiger charge is -2.38. The number of ether oxygens (including phenoxy) is 1. The van der Waals surface area contributed by atoms with Crippen LogP contribution in [0.2, 0.25) is 0 Å². The Morgan fingerprint density at radius 2 is 1.72 bits per heavy atom. The van der Waals surface area contributed by atoms with Crippen LogP contribution < -0.4 is 4.74 Å². The van der Waals surface area contributed by atoms with E-state index in [-0.39, 0.29) is 11.9 Å². The van der Waals surface area contributed by atoms with E-state index >= 15 is 0 Å². The first kappa shape index (κ1) is 16.6. The van der Waals surface area contributed by atoms with Crippen LogP contribution in [0, 0.1) is 5.82 Å². The number of halogens is 1. The van der Waals surface area contributed by atoms with Gasteiger partial charge in [-0.25, -0.2) is 4.39 Å². The fourth-order valence-corrected chi connectivity index (χ4v) is 4.45. The first-order valence-electron chi connectivity index (χ1n) is 9.45. The Kier molecular flexibility index (Phi) is 4.76. The lowest BCUT2D eigenvalue weighted by molar-refractivity contribution is 0.0719. The van der Waals surface area contributed by atoms with E-state index in [1.165, 1.54) is 30.5 Å². The average Bonchev–Trinajstić information content (AvgIpc) is 3.08. The Hall–Kier alpha value is -1.87. The molecule has 0 radical (unpaired) electrons. The van der Waals surface area contributed by atoms with Crippen LogP contribution in [-0.2, 0) is 6.42 Å². The molecule has 132 valence electrons. The molecule has 2 aliphatic rings. The predicted octanol–water partition coefficient (Wildman–Crippen LogP) is 4.79. The molecule has 3 heteroatoms. The SMILES string of the molecule is CC(C1CCc2ccccc21)N1CCC(Oc2ccc(F)cc2)CC1. The second-order valence-electron chi connectivity index (χ2n) is 7.39. The van der Waals surface area contributed by atoms with Gasteiger partial charge < -0.3 is 4.74 Å². The number of hydrogen-bond donors (Lipinski definition) is 0. The van der Waals surface area contributed by atoms with Gasteiger partial charge >= 0.3 is 0 Å². The third-order valence-electron chi connectivity index (χ3n) is 5.93. The lowest BCUT2D eigenvalue weighted by Crippen LogP contribution is -2.45. The van der Waals surface area contributed by atoms with Crippen LogP contribution in [0.15, 0.2) is 48.5 Å². The number of nitrogens with zero attached hydrogens (tertiary/aromatic N) is 1. The first-order chi connectivity index (χ1) is 12.2. The fourth-order valence-electron chi connectivity index (χ4n) is 4.45. The zero-order chi connectivity index (χ0) is 17.2. The molecule has 0 aromatic heterocycles. The van der Waals surface area contributed by atoms with E-state index in [9.17, 15) is 4.39 Å². The van der Waals surface area contributed by atoms with Gasteiger partial charge in [-0.3, -0.25) is 4.90 Å². The summed E-state index contributed by atoms with van der Waals surface area (Å²) < 4.78 is 19.0. The van der Waals surface area contributed by atoms with Crippen LogP contribution in [0.5, 0.6) is 5.75 Å². The van der Waals surface area contributed by atoms with E-state index in [1.54, 1.807) is 17.7 Å². The van der Waals surface area contributed by atoms with Gasteiger partial charge in [0.05, 0.1) is 0 Å². The normalized spacial score (nSPS) is 22.6. The van der Waals surface area contributed by atoms with Gasteiger partial charge in [-0.05, 0) is 73.9 Å². The van der Waals surface area contributed by atoms with E-state index in [0.29, 0.717) is 12.0 Å². The van der Waals surface area contributed by atoms with E-state index < -0.39 is 0 Å². The van der Waals surface area contributed by atoms with Gasteiger partial charge in [0.25, 0.3) is 0 Å². The van der Waals surface area contributed by atoms with Crippen LogP contribution in [0.4, 0.5) is 4.39 Å². The molecule has 25 heavy (non-hydrogen) atoms. The molecule has 4 rings (SSSR count). The van der Waals surface area contributed by atoms with Crippen molar-refractivity contribution in [1.29, 1.82) is 0 Å². The van der Waals surface area contributed by atoms with Crippen molar-refractivity contribution in [3.8, 4) is 5.75 Å². The van der Waals surface area contributed by atoms with Crippen molar-refractivity contribution in [1.82, 2.24) is 4.90 Å². The molecule has 0 bridgehead atoms. The maximum Gasteiger partial charge on any atom is 0.123 e. The Morgan fingerprint density at radius 3 is 2.48 bits per heavy atom. The zero-order valence-electron chi connectivity index (χ0n) is 14.8. The molecule has 1 heterocycles. The smallest absolute Gasteiger partial charge is 0.123 e. The van der Waals surface area contributed by atoms with Gasteiger partial charge in [0.1, 0.15) is 17.7 Å². The number of likely N-dealkylation sites (tertiary alicyclic amines) is 1. The third-order valence-corrected chi connectivity index (χ3v) is 5.93. The molecule has 2 nitrogen and oxygen atoms in total. The highest BCUT2D eigenvalue weighted by atomic mass is 19.1. The van der Waals surface area contributed by atoms with Crippen molar-refractivity contribution >= 4 is 0 Å². The van der Waals surface area contributed by atoms with E-state index in [1.807, 2.05) is 0 Å². The monoisotopic (exact) mass is 339 g/mol. The predicted molar refractivity (Wildman–Crippen MR) is 98.6 cm³/mol. The topological polar surface area (TPSA) is 12.5 Å². The highest BCUT2D eigenvalue weighted by molar-refractivity contribution is 5.36. The number of rotatable bonds is 4. The van der Waals surface area contributed by atoms with Gasteiger partial charge in [0.15, 0.2) is 0 Å². The maximum atomic E-state index is 13.0. The molecule has 0 N–H and O–H groups in total. The number of benzene rings is 2. The summed E-state index contributed by atoms with van der Waals surface area (Å²) in [5.74, 6) is 1.22. The molecule has 2 aromatic carbocycles. The summed E-state index contributed by atoms with van der Waals surface area (Å²) in [6, 6.07) is 15.9. The van der Waals surface area contributed by atoms with Crippen molar-refractivity contribution in [2.75, 3.05) is 13.1 Å². The number of piperidine rings is 1. The summed E-state index contributed by atoms with van der Waals surface area (Å²) in [6.45, 7) is 4.53. The van der Waals surface area contributed by atoms with Gasteiger partial charge in [-0.15, -0.1) is 0 Å². The molecule has 2 atom stereocenters. The molecule has 1 aliphatic heterocycles. The van der Waals surface area contributed by atoms with Crippen molar-refractivity contribution in [3.63, 3.8) is 0 Å². The molecule has 2 aromatic rings. The van der Waals surface area contributed by atoms with Crippen LogP contribution in [-0.4, -0.2) is 30.1 Å². The van der Waals surface area contributed by atoms with Crippen LogP contribution in [0.3, 0.4) is 0 Å². The number of hydrogen-bond acceptors (Lipinski definition) is 2. The van der Waals surface area contributed by atoms with Crippen molar-refractivity contribution < 1.29 is 9.13 Å².